The highest BCUT2D eigenvalue weighted by Crippen LogP contribution is 2.27. The highest BCUT2D eigenvalue weighted by molar-refractivity contribution is 5.93. The van der Waals surface area contributed by atoms with E-state index in [0.29, 0.717) is 62.3 Å². The fourth-order valence-electron chi connectivity index (χ4n) is 4.63. The van der Waals surface area contributed by atoms with Gasteiger partial charge in [0.25, 0.3) is 0 Å². The lowest BCUT2D eigenvalue weighted by Crippen LogP contribution is -2.46. The van der Waals surface area contributed by atoms with Crippen LogP contribution < -0.4 is 10.3 Å². The number of hydrogen-bond donors (Lipinski definition) is 1. The topological polar surface area (TPSA) is 105 Å². The van der Waals surface area contributed by atoms with E-state index in [1.165, 1.54) is 6.20 Å². The van der Waals surface area contributed by atoms with Gasteiger partial charge in [0.15, 0.2) is 0 Å². The van der Waals surface area contributed by atoms with Crippen LogP contribution in [0.15, 0.2) is 51.8 Å². The Bertz CT molecular complexity index is 1500. The lowest BCUT2D eigenvalue weighted by molar-refractivity contribution is 0.0695. The van der Waals surface area contributed by atoms with Gasteiger partial charge in [0.1, 0.15) is 11.4 Å². The number of aromatic nitrogens is 3. The van der Waals surface area contributed by atoms with Gasteiger partial charge < -0.3 is 19.0 Å². The number of pyridine rings is 1. The third kappa shape index (κ3) is 4.35. The largest absolute Gasteiger partial charge is 0.477 e. The minimum Gasteiger partial charge on any atom is -0.477 e. The Morgan fingerprint density at radius 3 is 2.58 bits per heavy atom. The van der Waals surface area contributed by atoms with Gasteiger partial charge in [0.05, 0.1) is 17.7 Å². The van der Waals surface area contributed by atoms with Crippen molar-refractivity contribution in [3.8, 4) is 11.5 Å². The first-order valence-corrected chi connectivity index (χ1v) is 11.8. The summed E-state index contributed by atoms with van der Waals surface area (Å²) in [6.45, 7) is 7.27. The maximum absolute atomic E-state index is 15.1. The Hall–Kier alpha value is -4.05. The molecule has 2 aromatic carbocycles. The number of piperazine rings is 1. The van der Waals surface area contributed by atoms with Crippen molar-refractivity contribution < 1.29 is 18.7 Å². The van der Waals surface area contributed by atoms with Gasteiger partial charge in [-0.25, -0.2) is 9.18 Å². The Kier molecular flexibility index (Phi) is 6.27. The first-order valence-electron chi connectivity index (χ1n) is 11.8. The van der Waals surface area contributed by atoms with Crippen LogP contribution in [0.25, 0.3) is 22.4 Å². The summed E-state index contributed by atoms with van der Waals surface area (Å²) in [6, 6.07) is 10.6. The van der Waals surface area contributed by atoms with Crippen molar-refractivity contribution in [2.75, 3.05) is 31.1 Å². The molecule has 1 aliphatic rings. The van der Waals surface area contributed by atoms with Gasteiger partial charge >= 0.3 is 5.97 Å². The molecule has 0 bridgehead atoms. The maximum Gasteiger partial charge on any atom is 0.341 e. The molecule has 1 aliphatic heterocycles. The molecule has 0 amide bonds. The highest BCUT2D eigenvalue weighted by Gasteiger charge is 2.24. The number of carboxylic acids is 1. The number of nitrogens with zero attached hydrogens (tertiary/aromatic N) is 5. The molecule has 1 saturated heterocycles. The molecule has 10 heteroatoms. The molecule has 0 atom stereocenters. The Balaban J connectivity index is 1.32. The molecule has 3 heterocycles. The van der Waals surface area contributed by atoms with E-state index in [0.717, 1.165) is 17.2 Å². The van der Waals surface area contributed by atoms with Crippen molar-refractivity contribution >= 4 is 22.6 Å². The average molecular weight is 492 g/mol. The zero-order valence-electron chi connectivity index (χ0n) is 20.1. The van der Waals surface area contributed by atoms with Gasteiger partial charge in [-0.3, -0.25) is 9.69 Å². The minimum absolute atomic E-state index is 0.0671. The van der Waals surface area contributed by atoms with Gasteiger partial charge in [0, 0.05) is 49.9 Å². The number of hydrogen-bond acceptors (Lipinski definition) is 7. The Morgan fingerprint density at radius 2 is 1.89 bits per heavy atom. The van der Waals surface area contributed by atoms with Crippen molar-refractivity contribution in [3.05, 3.63) is 75.7 Å². The summed E-state index contributed by atoms with van der Waals surface area (Å²) >= 11 is 0. The van der Waals surface area contributed by atoms with E-state index in [4.69, 9.17) is 4.42 Å². The number of rotatable bonds is 6. The molecule has 186 valence electrons. The summed E-state index contributed by atoms with van der Waals surface area (Å²) < 4.78 is 22.7. The quantitative estimate of drug-likeness (QED) is 0.437. The second-order valence-electron chi connectivity index (χ2n) is 8.86. The molecule has 5 rings (SSSR count). The van der Waals surface area contributed by atoms with E-state index >= 15 is 4.39 Å². The van der Waals surface area contributed by atoms with Gasteiger partial charge in [-0.1, -0.05) is 18.2 Å². The number of halogens is 1. The first kappa shape index (κ1) is 23.7. The van der Waals surface area contributed by atoms with Crippen LogP contribution in [0.3, 0.4) is 0 Å². The predicted molar refractivity (Wildman–Crippen MR) is 133 cm³/mol. The number of anilines is 1. The molecule has 1 fully saturated rings. The third-order valence-electron chi connectivity index (χ3n) is 6.63. The van der Waals surface area contributed by atoms with E-state index in [1.807, 2.05) is 43.0 Å². The molecule has 0 saturated carbocycles. The summed E-state index contributed by atoms with van der Waals surface area (Å²) in [5.74, 6) is -0.845. The normalized spacial score (nSPS) is 14.5. The van der Waals surface area contributed by atoms with Crippen molar-refractivity contribution in [2.24, 2.45) is 0 Å². The molecule has 1 N–H and O–H groups in total. The van der Waals surface area contributed by atoms with Crippen LogP contribution in [-0.2, 0) is 13.1 Å². The molecular weight excluding hydrogens is 465 g/mol. The van der Waals surface area contributed by atoms with Crippen LogP contribution in [0.4, 0.5) is 10.1 Å². The van der Waals surface area contributed by atoms with Crippen molar-refractivity contribution in [2.45, 2.75) is 26.9 Å². The highest BCUT2D eigenvalue weighted by atomic mass is 19.1. The van der Waals surface area contributed by atoms with Crippen LogP contribution in [0.2, 0.25) is 0 Å². The summed E-state index contributed by atoms with van der Waals surface area (Å²) in [7, 11) is 0. The van der Waals surface area contributed by atoms with E-state index in [-0.39, 0.29) is 10.9 Å². The number of carboxylic acid groups (broad SMARTS) is 1. The average Bonchev–Trinajstić information content (AvgIpc) is 3.33. The smallest absolute Gasteiger partial charge is 0.341 e. The second kappa shape index (κ2) is 9.54. The van der Waals surface area contributed by atoms with Gasteiger partial charge in [-0.15, -0.1) is 10.2 Å². The maximum atomic E-state index is 15.1. The molecule has 0 aliphatic carbocycles. The number of carbonyl (C=O) groups is 1. The van der Waals surface area contributed by atoms with Crippen LogP contribution >= 0.6 is 0 Å². The lowest BCUT2D eigenvalue weighted by Gasteiger charge is -2.35. The van der Waals surface area contributed by atoms with Crippen LogP contribution in [0.5, 0.6) is 0 Å². The molecule has 36 heavy (non-hydrogen) atoms. The van der Waals surface area contributed by atoms with Crippen LogP contribution in [-0.4, -0.2) is 56.9 Å². The van der Waals surface area contributed by atoms with Crippen LogP contribution in [0, 0.1) is 12.7 Å². The van der Waals surface area contributed by atoms with E-state index in [1.54, 1.807) is 10.6 Å². The summed E-state index contributed by atoms with van der Waals surface area (Å²) in [5, 5.41) is 17.8. The standard InChI is InChI=1S/C26H26FN5O4/c1-3-31-14-19(26(34)35)24(33)18-12-20(27)22(13-21(18)31)32-10-8-30(9-11-32)15-23-28-29-25(36-23)17-7-5-4-6-16(17)2/h4-7,12-14H,3,8-11,15H2,1-2H3,(H,34,35). The summed E-state index contributed by atoms with van der Waals surface area (Å²) in [5.41, 5.74) is 1.84. The Morgan fingerprint density at radius 1 is 1.14 bits per heavy atom. The number of fused-ring (bicyclic) bond motifs is 1. The fourth-order valence-corrected chi connectivity index (χ4v) is 4.63. The SMILES string of the molecule is CCn1cc(C(=O)O)c(=O)c2cc(F)c(N3CCN(Cc4nnc(-c5ccccc5C)o4)CC3)cc21. The molecule has 2 aromatic heterocycles. The predicted octanol–water partition coefficient (Wildman–Crippen LogP) is 3.54. The van der Waals surface area contributed by atoms with Gasteiger partial charge in [-0.05, 0) is 37.6 Å². The third-order valence-corrected chi connectivity index (χ3v) is 6.63. The van der Waals surface area contributed by atoms with Crippen molar-refractivity contribution in [1.29, 1.82) is 0 Å². The van der Waals surface area contributed by atoms with Gasteiger partial charge in [0.2, 0.25) is 17.2 Å². The zero-order chi connectivity index (χ0) is 25.4. The molecular formula is C26H26FN5O4. The number of benzene rings is 2. The first-order chi connectivity index (χ1) is 17.4. The Labute approximate surface area is 206 Å². The fraction of sp³-hybridized carbons (Fsp3) is 0.308. The van der Waals surface area contributed by atoms with E-state index in [2.05, 4.69) is 15.1 Å². The molecule has 0 unspecified atom stereocenters. The monoisotopic (exact) mass is 491 g/mol. The zero-order valence-corrected chi connectivity index (χ0v) is 20.1. The molecule has 0 radical (unpaired) electrons. The molecule has 0 spiro atoms. The molecule has 9 nitrogen and oxygen atoms in total. The summed E-state index contributed by atoms with van der Waals surface area (Å²) in [6.07, 6.45) is 1.32. The van der Waals surface area contributed by atoms with Crippen molar-refractivity contribution in [1.82, 2.24) is 19.7 Å². The summed E-state index contributed by atoms with van der Waals surface area (Å²) in [4.78, 5) is 28.2. The molecule has 4 aromatic rings. The number of aromatic carboxylic acids is 1. The van der Waals surface area contributed by atoms with Crippen molar-refractivity contribution in [3.63, 3.8) is 0 Å². The lowest BCUT2D eigenvalue weighted by atomic mass is 10.1. The van der Waals surface area contributed by atoms with Gasteiger partial charge in [-0.2, -0.15) is 0 Å². The number of aryl methyl sites for hydroxylation is 2. The van der Waals surface area contributed by atoms with E-state index in [9.17, 15) is 14.7 Å². The second-order valence-corrected chi connectivity index (χ2v) is 8.86. The minimum atomic E-state index is -1.32. The van der Waals surface area contributed by atoms with E-state index < -0.39 is 17.2 Å². The van der Waals surface area contributed by atoms with Crippen LogP contribution in [0.1, 0.15) is 28.7 Å².